The molecule has 0 spiro atoms. The molecule has 0 aromatic carbocycles. The van der Waals surface area contributed by atoms with E-state index >= 15 is 0 Å². The Morgan fingerprint density at radius 1 is 1.10 bits per heavy atom. The minimum absolute atomic E-state index is 0.0360. The summed E-state index contributed by atoms with van der Waals surface area (Å²) < 4.78 is 0. The molecule has 0 aliphatic rings. The van der Waals surface area contributed by atoms with Crippen LogP contribution in [0, 0.1) is 16.7 Å². The van der Waals surface area contributed by atoms with Gasteiger partial charge in [-0.2, -0.15) is 5.26 Å². The molecule has 0 aromatic heterocycles. The highest BCUT2D eigenvalue weighted by Gasteiger charge is 2.36. The highest BCUT2D eigenvalue weighted by atomic mass is 16.2. The summed E-state index contributed by atoms with van der Waals surface area (Å²) in [4.78, 5) is 25.9. The van der Waals surface area contributed by atoms with Gasteiger partial charge in [0.15, 0.2) is 0 Å². The highest BCUT2D eigenvalue weighted by molar-refractivity contribution is 5.86. The smallest absolute Gasteiger partial charge is 0.240 e. The van der Waals surface area contributed by atoms with Crippen molar-refractivity contribution in [3.05, 3.63) is 0 Å². The summed E-state index contributed by atoms with van der Waals surface area (Å²) in [5.41, 5.74) is -0.943. The van der Waals surface area contributed by atoms with E-state index in [2.05, 4.69) is 11.4 Å². The van der Waals surface area contributed by atoms with Crippen LogP contribution in [0.3, 0.4) is 0 Å². The lowest BCUT2D eigenvalue weighted by Crippen LogP contribution is -2.42. The number of hydrogen-bond acceptors (Lipinski definition) is 3. The quantitative estimate of drug-likeness (QED) is 0.673. The first-order valence-electron chi connectivity index (χ1n) is 7.98. The normalized spacial score (nSPS) is 10.8. The van der Waals surface area contributed by atoms with Gasteiger partial charge in [-0.1, -0.05) is 26.7 Å². The van der Waals surface area contributed by atoms with E-state index in [9.17, 15) is 14.9 Å². The van der Waals surface area contributed by atoms with Crippen molar-refractivity contribution in [1.82, 2.24) is 10.2 Å². The average molecular weight is 295 g/mol. The predicted octanol–water partition coefficient (Wildman–Crippen LogP) is 2.47. The minimum Gasteiger partial charge on any atom is -0.354 e. The summed E-state index contributed by atoms with van der Waals surface area (Å²) in [5.74, 6) is -0.199. The number of hydrogen-bond donors (Lipinski definition) is 1. The zero-order valence-corrected chi connectivity index (χ0v) is 13.9. The monoisotopic (exact) mass is 295 g/mol. The van der Waals surface area contributed by atoms with Crippen molar-refractivity contribution in [1.29, 1.82) is 5.26 Å². The topological polar surface area (TPSA) is 73.2 Å². The fourth-order valence-electron chi connectivity index (χ4n) is 2.55. The third-order valence-electron chi connectivity index (χ3n) is 3.74. The largest absolute Gasteiger partial charge is 0.354 e. The van der Waals surface area contributed by atoms with Crippen LogP contribution in [0.2, 0.25) is 0 Å². The van der Waals surface area contributed by atoms with Gasteiger partial charge in [-0.15, -0.1) is 0 Å². The Morgan fingerprint density at radius 2 is 1.62 bits per heavy atom. The van der Waals surface area contributed by atoms with Gasteiger partial charge in [0.2, 0.25) is 11.8 Å². The van der Waals surface area contributed by atoms with Gasteiger partial charge < -0.3 is 10.2 Å². The van der Waals surface area contributed by atoms with Gasteiger partial charge in [0.1, 0.15) is 5.41 Å². The summed E-state index contributed by atoms with van der Waals surface area (Å²) in [6, 6.07) is 2.19. The van der Waals surface area contributed by atoms with Gasteiger partial charge in [0, 0.05) is 26.1 Å². The van der Waals surface area contributed by atoms with Crippen LogP contribution in [0.15, 0.2) is 0 Å². The molecule has 2 amide bonds. The molecule has 5 nitrogen and oxygen atoms in total. The fourth-order valence-corrected chi connectivity index (χ4v) is 2.55. The highest BCUT2D eigenvalue weighted by Crippen LogP contribution is 2.29. The second-order valence-corrected chi connectivity index (χ2v) is 5.27. The van der Waals surface area contributed by atoms with E-state index in [4.69, 9.17) is 0 Å². The van der Waals surface area contributed by atoms with Crippen LogP contribution in [0.25, 0.3) is 0 Å². The predicted molar refractivity (Wildman–Crippen MR) is 83.4 cm³/mol. The molecule has 21 heavy (non-hydrogen) atoms. The minimum atomic E-state index is -0.943. The van der Waals surface area contributed by atoms with Gasteiger partial charge >= 0.3 is 0 Å². The first-order valence-corrected chi connectivity index (χ1v) is 7.98. The third kappa shape index (κ3) is 5.74. The molecule has 0 aliphatic carbocycles. The van der Waals surface area contributed by atoms with Gasteiger partial charge in [0.25, 0.3) is 0 Å². The number of carbonyl (C=O) groups is 2. The third-order valence-corrected chi connectivity index (χ3v) is 3.74. The van der Waals surface area contributed by atoms with Crippen molar-refractivity contribution in [3.63, 3.8) is 0 Å². The molecule has 1 N–H and O–H groups in total. The Hall–Kier alpha value is -1.57. The fraction of sp³-hybridized carbons (Fsp3) is 0.812. The summed E-state index contributed by atoms with van der Waals surface area (Å²) >= 11 is 0. The molecule has 0 atom stereocenters. The Kier molecular flexibility index (Phi) is 9.44. The van der Waals surface area contributed by atoms with Gasteiger partial charge in [0.05, 0.1) is 6.07 Å². The molecule has 0 aromatic rings. The first-order chi connectivity index (χ1) is 10.0. The second-order valence-electron chi connectivity index (χ2n) is 5.27. The molecule has 0 fully saturated rings. The van der Waals surface area contributed by atoms with E-state index in [1.165, 1.54) is 0 Å². The summed E-state index contributed by atoms with van der Waals surface area (Å²) in [5, 5.41) is 12.2. The van der Waals surface area contributed by atoms with Crippen LogP contribution >= 0.6 is 0 Å². The number of carbonyl (C=O) groups excluding carboxylic acids is 2. The summed E-state index contributed by atoms with van der Waals surface area (Å²) in [6.07, 6.45) is 2.99. The van der Waals surface area contributed by atoms with Crippen molar-refractivity contribution in [2.45, 2.75) is 59.8 Å². The molecule has 0 saturated carbocycles. The SMILES string of the molecule is CCCC(C#N)(CCC)C(=O)NCCC(=O)N(CC)CC. The number of nitrogens with one attached hydrogen (secondary N) is 1. The zero-order valence-electron chi connectivity index (χ0n) is 13.9. The number of amides is 2. The first kappa shape index (κ1) is 19.4. The molecular weight excluding hydrogens is 266 g/mol. The van der Waals surface area contributed by atoms with Crippen molar-refractivity contribution in [2.75, 3.05) is 19.6 Å². The van der Waals surface area contributed by atoms with E-state index < -0.39 is 5.41 Å². The number of nitrogens with zero attached hydrogens (tertiary/aromatic N) is 2. The summed E-state index contributed by atoms with van der Waals surface area (Å²) in [6.45, 7) is 9.46. The lowest BCUT2D eigenvalue weighted by molar-refractivity contribution is -0.131. The molecule has 0 heterocycles. The second kappa shape index (κ2) is 10.2. The molecule has 120 valence electrons. The molecule has 0 unspecified atom stereocenters. The average Bonchev–Trinajstić information content (AvgIpc) is 2.48. The van der Waals surface area contributed by atoms with Crippen molar-refractivity contribution in [3.8, 4) is 6.07 Å². The molecule has 0 aliphatic heterocycles. The van der Waals surface area contributed by atoms with Crippen LogP contribution in [0.5, 0.6) is 0 Å². The van der Waals surface area contributed by atoms with Crippen molar-refractivity contribution in [2.24, 2.45) is 5.41 Å². The van der Waals surface area contributed by atoms with Crippen LogP contribution in [0.4, 0.5) is 0 Å². The molecule has 0 saturated heterocycles. The van der Waals surface area contributed by atoms with Gasteiger partial charge in [-0.25, -0.2) is 0 Å². The number of nitriles is 1. The maximum Gasteiger partial charge on any atom is 0.240 e. The molecule has 0 rings (SSSR count). The van der Waals surface area contributed by atoms with E-state index in [0.29, 0.717) is 32.5 Å². The van der Waals surface area contributed by atoms with E-state index in [1.54, 1.807) is 4.90 Å². The van der Waals surface area contributed by atoms with Crippen LogP contribution in [-0.4, -0.2) is 36.3 Å². The number of rotatable bonds is 10. The van der Waals surface area contributed by atoms with Crippen LogP contribution in [0.1, 0.15) is 59.8 Å². The molecule has 5 heteroatoms. The maximum atomic E-state index is 12.3. The van der Waals surface area contributed by atoms with E-state index in [0.717, 1.165) is 12.8 Å². The Morgan fingerprint density at radius 3 is 2.00 bits per heavy atom. The van der Waals surface area contributed by atoms with Crippen molar-refractivity contribution >= 4 is 11.8 Å². The van der Waals surface area contributed by atoms with Gasteiger partial charge in [-0.3, -0.25) is 9.59 Å². The van der Waals surface area contributed by atoms with Crippen molar-refractivity contribution < 1.29 is 9.59 Å². The molecule has 0 radical (unpaired) electrons. The standard InChI is InChI=1S/C16H29N3O2/c1-5-10-16(13-17,11-6-2)15(21)18-12-9-14(20)19(7-3)8-4/h5-12H2,1-4H3,(H,18,21). The lowest BCUT2D eigenvalue weighted by Gasteiger charge is -2.25. The lowest BCUT2D eigenvalue weighted by atomic mass is 9.80. The Bertz CT molecular complexity index is 364. The van der Waals surface area contributed by atoms with E-state index in [-0.39, 0.29) is 18.2 Å². The van der Waals surface area contributed by atoms with Gasteiger partial charge in [-0.05, 0) is 26.7 Å². The van der Waals surface area contributed by atoms with Crippen LogP contribution in [-0.2, 0) is 9.59 Å². The molecule has 0 bridgehead atoms. The summed E-state index contributed by atoms with van der Waals surface area (Å²) in [7, 11) is 0. The molecular formula is C16H29N3O2. The maximum absolute atomic E-state index is 12.3. The Labute approximate surface area is 128 Å². The van der Waals surface area contributed by atoms with Crippen LogP contribution < -0.4 is 5.32 Å². The zero-order chi connectivity index (χ0) is 16.3. The Balaban J connectivity index is 4.52. The van der Waals surface area contributed by atoms with E-state index in [1.807, 2.05) is 27.7 Å².